The molecule has 84 valence electrons. The van der Waals surface area contributed by atoms with Gasteiger partial charge in [0.15, 0.2) is 0 Å². The van der Waals surface area contributed by atoms with Crippen molar-refractivity contribution < 1.29 is 4.74 Å². The maximum absolute atomic E-state index is 5.60. The molecule has 1 heterocycles. The lowest BCUT2D eigenvalue weighted by atomic mass is 10.5. The summed E-state index contributed by atoms with van der Waals surface area (Å²) in [6.45, 7) is 7.08. The van der Waals surface area contributed by atoms with Gasteiger partial charge in [0, 0.05) is 25.9 Å². The Labute approximate surface area is 90.3 Å². The fraction of sp³-hybridized carbons (Fsp3) is 0.600. The second kappa shape index (κ2) is 6.19. The molecule has 5 heteroatoms. The highest BCUT2D eigenvalue weighted by atomic mass is 16.5. The molecule has 0 saturated heterocycles. The molecule has 0 aromatic carbocycles. The van der Waals surface area contributed by atoms with Crippen molar-refractivity contribution in [2.24, 2.45) is 0 Å². The number of hydrogen-bond acceptors (Lipinski definition) is 5. The third-order valence-electron chi connectivity index (χ3n) is 2.04. The summed E-state index contributed by atoms with van der Waals surface area (Å²) in [7, 11) is 0. The number of hydrogen-bond donors (Lipinski definition) is 1. The molecule has 5 nitrogen and oxygen atoms in total. The molecule has 15 heavy (non-hydrogen) atoms. The van der Waals surface area contributed by atoms with Gasteiger partial charge in [0.05, 0.1) is 6.61 Å². The Morgan fingerprint density at radius 2 is 2.27 bits per heavy atom. The van der Waals surface area contributed by atoms with E-state index >= 15 is 0 Å². The predicted molar refractivity (Wildman–Crippen MR) is 60.8 cm³/mol. The van der Waals surface area contributed by atoms with Gasteiger partial charge in [-0.25, -0.2) is 4.98 Å². The Morgan fingerprint density at radius 3 is 2.87 bits per heavy atom. The maximum atomic E-state index is 5.60. The van der Waals surface area contributed by atoms with Crippen molar-refractivity contribution in [1.82, 2.24) is 9.97 Å². The van der Waals surface area contributed by atoms with Crippen LogP contribution in [0.15, 0.2) is 12.3 Å². The molecule has 0 amide bonds. The number of ether oxygens (including phenoxy) is 1. The lowest BCUT2D eigenvalue weighted by Gasteiger charge is -2.20. The van der Waals surface area contributed by atoms with E-state index in [0.29, 0.717) is 18.4 Å². The van der Waals surface area contributed by atoms with E-state index in [4.69, 9.17) is 10.5 Å². The topological polar surface area (TPSA) is 64.3 Å². The minimum absolute atomic E-state index is 0.495. The first-order valence-electron chi connectivity index (χ1n) is 5.19. The molecular formula is C10H18N4O. The average molecular weight is 210 g/mol. The lowest BCUT2D eigenvalue weighted by Crippen LogP contribution is -2.29. The van der Waals surface area contributed by atoms with Crippen LogP contribution in [0.2, 0.25) is 0 Å². The van der Waals surface area contributed by atoms with Crippen LogP contribution in [0.4, 0.5) is 11.8 Å². The molecule has 0 bridgehead atoms. The minimum Gasteiger partial charge on any atom is -0.384 e. The zero-order valence-electron chi connectivity index (χ0n) is 9.31. The summed E-state index contributed by atoms with van der Waals surface area (Å²) in [5.74, 6) is 1.16. The van der Waals surface area contributed by atoms with Gasteiger partial charge in [-0.1, -0.05) is 0 Å². The minimum atomic E-state index is 0.495. The second-order valence-electron chi connectivity index (χ2n) is 3.06. The van der Waals surface area contributed by atoms with Crippen LogP contribution in [0.3, 0.4) is 0 Å². The molecule has 0 atom stereocenters. The standard InChI is InChI=1S/C10H18N4O/c1-3-14(7-8-15-4-2)10-12-6-5-9(11)13-10/h5-6H,3-4,7-8H2,1-2H3,(H2,11,12,13). The number of anilines is 2. The van der Waals surface area contributed by atoms with Crippen molar-refractivity contribution in [1.29, 1.82) is 0 Å². The number of aromatic nitrogens is 2. The van der Waals surface area contributed by atoms with Crippen molar-refractivity contribution in [3.05, 3.63) is 12.3 Å². The van der Waals surface area contributed by atoms with E-state index in [9.17, 15) is 0 Å². The van der Waals surface area contributed by atoms with Crippen molar-refractivity contribution in [2.45, 2.75) is 13.8 Å². The SMILES string of the molecule is CCOCCN(CC)c1nccc(N)n1. The monoisotopic (exact) mass is 210 g/mol. The van der Waals surface area contributed by atoms with E-state index in [1.807, 2.05) is 11.8 Å². The molecule has 1 aromatic heterocycles. The van der Waals surface area contributed by atoms with Crippen molar-refractivity contribution in [3.63, 3.8) is 0 Å². The van der Waals surface area contributed by atoms with Gasteiger partial charge < -0.3 is 15.4 Å². The smallest absolute Gasteiger partial charge is 0.227 e. The molecule has 0 fully saturated rings. The summed E-state index contributed by atoms with van der Waals surface area (Å²) in [4.78, 5) is 10.4. The van der Waals surface area contributed by atoms with E-state index in [0.717, 1.165) is 19.7 Å². The predicted octanol–water partition coefficient (Wildman–Crippen LogP) is 0.922. The first-order chi connectivity index (χ1) is 7.27. The molecule has 0 aliphatic rings. The Kier molecular flexibility index (Phi) is 4.83. The van der Waals surface area contributed by atoms with Crippen molar-refractivity contribution >= 4 is 11.8 Å². The Balaban J connectivity index is 2.57. The van der Waals surface area contributed by atoms with Crippen LogP contribution in [0, 0.1) is 0 Å². The Morgan fingerprint density at radius 1 is 1.47 bits per heavy atom. The largest absolute Gasteiger partial charge is 0.384 e. The third-order valence-corrected chi connectivity index (χ3v) is 2.04. The van der Waals surface area contributed by atoms with E-state index in [2.05, 4.69) is 16.9 Å². The van der Waals surface area contributed by atoms with Gasteiger partial charge in [-0.2, -0.15) is 4.98 Å². The molecule has 0 aliphatic heterocycles. The van der Waals surface area contributed by atoms with Crippen molar-refractivity contribution in [3.8, 4) is 0 Å². The van der Waals surface area contributed by atoms with E-state index in [1.54, 1.807) is 12.3 Å². The number of nitrogens with two attached hydrogens (primary N) is 1. The van der Waals surface area contributed by atoms with Crippen LogP contribution in [-0.4, -0.2) is 36.3 Å². The van der Waals surface area contributed by atoms with Crippen molar-refractivity contribution in [2.75, 3.05) is 36.9 Å². The highest BCUT2D eigenvalue weighted by Gasteiger charge is 2.06. The molecule has 0 unspecified atom stereocenters. The molecule has 0 saturated carbocycles. The zero-order chi connectivity index (χ0) is 11.1. The summed E-state index contributed by atoms with van der Waals surface area (Å²) in [5, 5.41) is 0. The van der Waals surface area contributed by atoms with Crippen LogP contribution in [0.5, 0.6) is 0 Å². The van der Waals surface area contributed by atoms with Crippen LogP contribution in [0.25, 0.3) is 0 Å². The Bertz CT molecular complexity index is 293. The quantitative estimate of drug-likeness (QED) is 0.707. The van der Waals surface area contributed by atoms with E-state index < -0.39 is 0 Å². The average Bonchev–Trinajstić information content (AvgIpc) is 2.24. The fourth-order valence-corrected chi connectivity index (χ4v) is 1.23. The summed E-state index contributed by atoms with van der Waals surface area (Å²) in [6, 6.07) is 1.68. The number of likely N-dealkylation sites (N-methyl/N-ethyl adjacent to an activating group) is 1. The van der Waals surface area contributed by atoms with Gasteiger partial charge in [-0.15, -0.1) is 0 Å². The normalized spacial score (nSPS) is 10.3. The van der Waals surface area contributed by atoms with Gasteiger partial charge in [-0.05, 0) is 19.9 Å². The maximum Gasteiger partial charge on any atom is 0.227 e. The zero-order valence-corrected chi connectivity index (χ0v) is 9.31. The van der Waals surface area contributed by atoms with Gasteiger partial charge in [0.1, 0.15) is 5.82 Å². The second-order valence-corrected chi connectivity index (χ2v) is 3.06. The lowest BCUT2D eigenvalue weighted by molar-refractivity contribution is 0.153. The van der Waals surface area contributed by atoms with Gasteiger partial charge in [0.25, 0.3) is 0 Å². The Hall–Kier alpha value is -1.36. The summed E-state index contributed by atoms with van der Waals surface area (Å²) < 4.78 is 5.29. The number of nitrogen functional groups attached to an aromatic ring is 1. The number of nitrogens with zero attached hydrogens (tertiary/aromatic N) is 3. The van der Waals surface area contributed by atoms with Crippen LogP contribution in [0.1, 0.15) is 13.8 Å². The fourth-order valence-electron chi connectivity index (χ4n) is 1.23. The van der Waals surface area contributed by atoms with Gasteiger partial charge in [0.2, 0.25) is 5.95 Å². The third kappa shape index (κ3) is 3.71. The highest BCUT2D eigenvalue weighted by Crippen LogP contribution is 2.07. The van der Waals surface area contributed by atoms with Gasteiger partial charge in [-0.3, -0.25) is 0 Å². The summed E-state index contributed by atoms with van der Waals surface area (Å²) >= 11 is 0. The molecule has 1 aromatic rings. The first-order valence-corrected chi connectivity index (χ1v) is 5.19. The highest BCUT2D eigenvalue weighted by molar-refractivity contribution is 5.37. The molecule has 1 rings (SSSR count). The summed E-state index contributed by atoms with van der Waals surface area (Å²) in [5.41, 5.74) is 5.60. The summed E-state index contributed by atoms with van der Waals surface area (Å²) in [6.07, 6.45) is 1.67. The number of rotatable bonds is 6. The first kappa shape index (κ1) is 11.7. The van der Waals surface area contributed by atoms with Crippen LogP contribution < -0.4 is 10.6 Å². The van der Waals surface area contributed by atoms with E-state index in [1.165, 1.54) is 0 Å². The van der Waals surface area contributed by atoms with Crippen LogP contribution >= 0.6 is 0 Å². The molecule has 0 radical (unpaired) electrons. The van der Waals surface area contributed by atoms with E-state index in [-0.39, 0.29) is 0 Å². The molecule has 2 N–H and O–H groups in total. The van der Waals surface area contributed by atoms with Crippen LogP contribution in [-0.2, 0) is 4.74 Å². The molecule has 0 aliphatic carbocycles. The van der Waals surface area contributed by atoms with Gasteiger partial charge >= 0.3 is 0 Å². The molecule has 0 spiro atoms. The molecular weight excluding hydrogens is 192 g/mol.